The first-order valence-corrected chi connectivity index (χ1v) is 6.60. The van der Waals surface area contributed by atoms with E-state index in [1.165, 1.54) is 11.1 Å². The fourth-order valence-electron chi connectivity index (χ4n) is 2.30. The highest BCUT2D eigenvalue weighted by Gasteiger charge is 2.10. The number of nitrogens with one attached hydrogen (secondary N) is 1. The topological polar surface area (TPSA) is 60.0 Å². The van der Waals surface area contributed by atoms with Gasteiger partial charge in [0.1, 0.15) is 0 Å². The molecule has 0 fully saturated rings. The second-order valence-corrected chi connectivity index (χ2v) is 5.07. The molecule has 0 aliphatic heterocycles. The van der Waals surface area contributed by atoms with Crippen LogP contribution >= 0.6 is 0 Å². The third kappa shape index (κ3) is 2.13. The average Bonchev–Trinajstić information content (AvgIpc) is 2.89. The maximum absolute atomic E-state index is 4.47. The molecule has 0 spiro atoms. The third-order valence-corrected chi connectivity index (χ3v) is 3.58. The van der Waals surface area contributed by atoms with Crippen molar-refractivity contribution < 1.29 is 0 Å². The number of rotatable bonds is 3. The summed E-state index contributed by atoms with van der Waals surface area (Å²) >= 11 is 0. The lowest BCUT2D eigenvalue weighted by Gasteiger charge is -2.02. The van der Waals surface area contributed by atoms with Gasteiger partial charge in [-0.2, -0.15) is 10.1 Å². The number of hydrogen-bond acceptors (Lipinski definition) is 4. The van der Waals surface area contributed by atoms with Crippen LogP contribution in [0, 0.1) is 20.8 Å². The Morgan fingerprint density at radius 2 is 2.00 bits per heavy atom. The largest absolute Gasteiger partial charge is 0.349 e. The molecule has 6 nitrogen and oxygen atoms in total. The van der Waals surface area contributed by atoms with Gasteiger partial charge in [-0.05, 0) is 38.5 Å². The van der Waals surface area contributed by atoms with E-state index in [-0.39, 0.29) is 0 Å². The van der Waals surface area contributed by atoms with Crippen molar-refractivity contribution in [3.8, 4) is 0 Å². The van der Waals surface area contributed by atoms with Gasteiger partial charge >= 0.3 is 0 Å². The molecule has 3 heterocycles. The van der Waals surface area contributed by atoms with Crippen LogP contribution in [0.4, 0.5) is 5.95 Å². The zero-order chi connectivity index (χ0) is 14.3. The zero-order valence-electron chi connectivity index (χ0n) is 12.2. The molecule has 20 heavy (non-hydrogen) atoms. The summed E-state index contributed by atoms with van der Waals surface area (Å²) in [4.78, 5) is 4.47. The Bertz CT molecular complexity index is 767. The number of aryl methyl sites for hydroxylation is 3. The first kappa shape index (κ1) is 12.7. The van der Waals surface area contributed by atoms with Crippen molar-refractivity contribution in [1.82, 2.24) is 24.4 Å². The van der Waals surface area contributed by atoms with Crippen molar-refractivity contribution in [3.63, 3.8) is 0 Å². The number of fused-ring (bicyclic) bond motifs is 1. The molecule has 0 aliphatic carbocycles. The molecule has 0 radical (unpaired) electrons. The van der Waals surface area contributed by atoms with Crippen LogP contribution in [0.2, 0.25) is 0 Å². The lowest BCUT2D eigenvalue weighted by molar-refractivity contribution is 0.730. The summed E-state index contributed by atoms with van der Waals surface area (Å²) in [6.45, 7) is 6.81. The normalized spacial score (nSPS) is 11.2. The van der Waals surface area contributed by atoms with E-state index < -0.39 is 0 Å². The molecule has 0 aliphatic rings. The van der Waals surface area contributed by atoms with E-state index >= 15 is 0 Å². The first-order valence-electron chi connectivity index (χ1n) is 6.60. The monoisotopic (exact) mass is 270 g/mol. The summed E-state index contributed by atoms with van der Waals surface area (Å²) in [7, 11) is 1.96. The minimum Gasteiger partial charge on any atom is -0.349 e. The van der Waals surface area contributed by atoms with Crippen LogP contribution in [0.15, 0.2) is 18.3 Å². The molecule has 0 unspecified atom stereocenters. The van der Waals surface area contributed by atoms with Gasteiger partial charge in [-0.25, -0.2) is 4.52 Å². The van der Waals surface area contributed by atoms with Gasteiger partial charge in [0.2, 0.25) is 5.95 Å². The molecule has 0 aromatic carbocycles. The Hall–Kier alpha value is -2.37. The van der Waals surface area contributed by atoms with Crippen LogP contribution in [0.3, 0.4) is 0 Å². The molecule has 3 aromatic rings. The lowest BCUT2D eigenvalue weighted by Crippen LogP contribution is -2.03. The number of pyridine rings is 1. The van der Waals surface area contributed by atoms with Crippen molar-refractivity contribution in [2.75, 3.05) is 5.32 Å². The van der Waals surface area contributed by atoms with E-state index in [1.54, 1.807) is 4.52 Å². The first-order chi connectivity index (χ1) is 9.54. The molecule has 3 aromatic heterocycles. The maximum Gasteiger partial charge on any atom is 0.243 e. The Kier molecular flexibility index (Phi) is 2.93. The minimum absolute atomic E-state index is 0.637. The fourth-order valence-corrected chi connectivity index (χ4v) is 2.30. The quantitative estimate of drug-likeness (QED) is 0.791. The van der Waals surface area contributed by atoms with E-state index in [9.17, 15) is 0 Å². The standard InChI is InChI=1S/C14H18N6/c1-9-5-6-20-13(7-9)16-14(18-20)15-8-12-10(2)17-19(4)11(12)3/h5-7H,8H2,1-4H3,(H,15,18). The highest BCUT2D eigenvalue weighted by atomic mass is 15.3. The molecule has 0 bridgehead atoms. The Balaban J connectivity index is 1.83. The average molecular weight is 270 g/mol. The van der Waals surface area contributed by atoms with Crippen LogP contribution in [-0.2, 0) is 13.6 Å². The SMILES string of the molecule is Cc1ccn2nc(NCc3c(C)nn(C)c3C)nc2c1. The van der Waals surface area contributed by atoms with Crippen molar-refractivity contribution in [3.05, 3.63) is 40.8 Å². The molecule has 6 heteroatoms. The van der Waals surface area contributed by atoms with Crippen LogP contribution in [0.1, 0.15) is 22.5 Å². The van der Waals surface area contributed by atoms with E-state index in [0.717, 1.165) is 17.0 Å². The van der Waals surface area contributed by atoms with Gasteiger partial charge in [0.05, 0.1) is 5.69 Å². The lowest BCUT2D eigenvalue weighted by atomic mass is 10.2. The van der Waals surface area contributed by atoms with Crippen LogP contribution in [-0.4, -0.2) is 24.4 Å². The fraction of sp³-hybridized carbons (Fsp3) is 0.357. The second kappa shape index (κ2) is 4.63. The summed E-state index contributed by atoms with van der Waals surface area (Å²) in [6.07, 6.45) is 1.92. The second-order valence-electron chi connectivity index (χ2n) is 5.07. The maximum atomic E-state index is 4.47. The third-order valence-electron chi connectivity index (χ3n) is 3.58. The number of anilines is 1. The molecule has 0 saturated heterocycles. The Morgan fingerprint density at radius 1 is 1.20 bits per heavy atom. The number of hydrogen-bond donors (Lipinski definition) is 1. The highest BCUT2D eigenvalue weighted by Crippen LogP contribution is 2.14. The summed E-state index contributed by atoms with van der Waals surface area (Å²) in [5.74, 6) is 0.637. The van der Waals surface area contributed by atoms with Crippen molar-refractivity contribution in [2.24, 2.45) is 7.05 Å². The van der Waals surface area contributed by atoms with Gasteiger partial charge in [-0.1, -0.05) is 0 Å². The summed E-state index contributed by atoms with van der Waals surface area (Å²) in [5.41, 5.74) is 5.43. The molecule has 3 rings (SSSR count). The van der Waals surface area contributed by atoms with E-state index in [4.69, 9.17) is 0 Å². The smallest absolute Gasteiger partial charge is 0.243 e. The van der Waals surface area contributed by atoms with Crippen molar-refractivity contribution in [1.29, 1.82) is 0 Å². The molecule has 0 atom stereocenters. The van der Waals surface area contributed by atoms with Crippen LogP contribution in [0.5, 0.6) is 0 Å². The van der Waals surface area contributed by atoms with Gasteiger partial charge in [0.25, 0.3) is 0 Å². The number of aromatic nitrogens is 5. The van der Waals surface area contributed by atoms with Gasteiger partial charge in [0, 0.05) is 31.0 Å². The van der Waals surface area contributed by atoms with Crippen LogP contribution in [0.25, 0.3) is 5.65 Å². The zero-order valence-corrected chi connectivity index (χ0v) is 12.2. The molecule has 104 valence electrons. The summed E-state index contributed by atoms with van der Waals surface area (Å²) in [6, 6.07) is 4.03. The Morgan fingerprint density at radius 3 is 2.70 bits per heavy atom. The van der Waals surface area contributed by atoms with E-state index in [2.05, 4.69) is 27.4 Å². The molecular formula is C14H18N6. The minimum atomic E-state index is 0.637. The highest BCUT2D eigenvalue weighted by molar-refractivity contribution is 5.45. The number of nitrogens with zero attached hydrogens (tertiary/aromatic N) is 5. The molecule has 0 amide bonds. The van der Waals surface area contributed by atoms with Crippen molar-refractivity contribution >= 4 is 11.6 Å². The molecule has 1 N–H and O–H groups in total. The van der Waals surface area contributed by atoms with Crippen LogP contribution < -0.4 is 5.32 Å². The summed E-state index contributed by atoms with van der Waals surface area (Å²) in [5, 5.41) is 12.1. The Labute approximate surface area is 117 Å². The van der Waals surface area contributed by atoms with E-state index in [1.807, 2.05) is 43.9 Å². The molecule has 0 saturated carbocycles. The summed E-state index contributed by atoms with van der Waals surface area (Å²) < 4.78 is 3.67. The predicted octanol–water partition coefficient (Wildman–Crippen LogP) is 2.00. The van der Waals surface area contributed by atoms with Gasteiger partial charge in [-0.15, -0.1) is 5.10 Å². The van der Waals surface area contributed by atoms with Gasteiger partial charge < -0.3 is 5.32 Å². The van der Waals surface area contributed by atoms with Crippen molar-refractivity contribution in [2.45, 2.75) is 27.3 Å². The van der Waals surface area contributed by atoms with E-state index in [0.29, 0.717) is 12.5 Å². The predicted molar refractivity (Wildman–Crippen MR) is 77.7 cm³/mol. The van der Waals surface area contributed by atoms with Gasteiger partial charge in [0.15, 0.2) is 5.65 Å². The molecular weight excluding hydrogens is 252 g/mol. The van der Waals surface area contributed by atoms with Gasteiger partial charge in [-0.3, -0.25) is 4.68 Å².